The number of allylic oxidation sites excluding steroid dienone is 1. The molecular weight excluding hydrogens is 418 g/mol. The lowest BCUT2D eigenvalue weighted by molar-refractivity contribution is 0.673. The van der Waals surface area contributed by atoms with Crippen molar-refractivity contribution in [1.82, 2.24) is 14.5 Å². The smallest absolute Gasteiger partial charge is 0.263 e. The Kier molecular flexibility index (Phi) is 5.45. The zero-order chi connectivity index (χ0) is 18.8. The van der Waals surface area contributed by atoms with E-state index < -0.39 is 0 Å². The van der Waals surface area contributed by atoms with E-state index in [9.17, 15) is 4.79 Å². The topological polar surface area (TPSA) is 47.8 Å². The SMILES string of the molecule is C=CCn1c(SCc2ccc(Cl)nc2)nc2scc(-c3cccs3)c2c1=O. The first kappa shape index (κ1) is 18.4. The minimum absolute atomic E-state index is 0.0266. The minimum Gasteiger partial charge on any atom is -0.283 e. The molecule has 0 aliphatic rings. The molecule has 0 atom stereocenters. The third-order valence-corrected chi connectivity index (χ3v) is 6.96. The molecule has 0 N–H and O–H groups in total. The normalized spacial score (nSPS) is 11.1. The van der Waals surface area contributed by atoms with Crippen LogP contribution in [0.3, 0.4) is 0 Å². The second kappa shape index (κ2) is 7.98. The molecule has 0 amide bonds. The van der Waals surface area contributed by atoms with Gasteiger partial charge in [-0.15, -0.1) is 29.3 Å². The largest absolute Gasteiger partial charge is 0.283 e. The van der Waals surface area contributed by atoms with Crippen LogP contribution in [0.15, 0.2) is 63.8 Å². The van der Waals surface area contributed by atoms with Gasteiger partial charge in [0.1, 0.15) is 9.98 Å². The van der Waals surface area contributed by atoms with Crippen LogP contribution in [0.2, 0.25) is 5.15 Å². The number of nitrogens with zero attached hydrogens (tertiary/aromatic N) is 3. The molecule has 8 heteroatoms. The third kappa shape index (κ3) is 3.73. The van der Waals surface area contributed by atoms with E-state index in [0.29, 0.717) is 28.0 Å². The number of hydrogen-bond donors (Lipinski definition) is 0. The van der Waals surface area contributed by atoms with E-state index in [-0.39, 0.29) is 5.56 Å². The second-order valence-corrected chi connectivity index (χ2v) is 8.82. The lowest BCUT2D eigenvalue weighted by Crippen LogP contribution is -2.22. The summed E-state index contributed by atoms with van der Waals surface area (Å²) in [5.41, 5.74) is 1.95. The Balaban J connectivity index is 1.76. The van der Waals surface area contributed by atoms with Crippen molar-refractivity contribution >= 4 is 56.3 Å². The van der Waals surface area contributed by atoms with Crippen LogP contribution in [-0.2, 0) is 12.3 Å². The summed E-state index contributed by atoms with van der Waals surface area (Å²) < 4.78 is 1.69. The first-order valence-electron chi connectivity index (χ1n) is 8.07. The number of thioether (sulfide) groups is 1. The maximum absolute atomic E-state index is 13.2. The van der Waals surface area contributed by atoms with Gasteiger partial charge in [0.2, 0.25) is 0 Å². The highest BCUT2D eigenvalue weighted by atomic mass is 35.5. The molecule has 0 aliphatic heterocycles. The zero-order valence-electron chi connectivity index (χ0n) is 14.1. The maximum atomic E-state index is 13.2. The van der Waals surface area contributed by atoms with Crippen molar-refractivity contribution in [3.63, 3.8) is 0 Å². The van der Waals surface area contributed by atoms with Crippen LogP contribution < -0.4 is 5.56 Å². The van der Waals surface area contributed by atoms with Crippen LogP contribution in [-0.4, -0.2) is 14.5 Å². The van der Waals surface area contributed by atoms with Crippen molar-refractivity contribution < 1.29 is 0 Å². The highest BCUT2D eigenvalue weighted by Crippen LogP contribution is 2.34. The van der Waals surface area contributed by atoms with Crippen LogP contribution in [0.1, 0.15) is 5.56 Å². The van der Waals surface area contributed by atoms with Crippen molar-refractivity contribution in [3.8, 4) is 10.4 Å². The van der Waals surface area contributed by atoms with Gasteiger partial charge in [-0.3, -0.25) is 9.36 Å². The van der Waals surface area contributed by atoms with E-state index >= 15 is 0 Å². The summed E-state index contributed by atoms with van der Waals surface area (Å²) in [7, 11) is 0. The van der Waals surface area contributed by atoms with Crippen LogP contribution in [0.25, 0.3) is 20.7 Å². The Bertz CT molecular complexity index is 1150. The van der Waals surface area contributed by atoms with Crippen molar-refractivity contribution in [1.29, 1.82) is 0 Å². The van der Waals surface area contributed by atoms with E-state index in [2.05, 4.69) is 11.6 Å². The number of fused-ring (bicyclic) bond motifs is 1. The highest BCUT2D eigenvalue weighted by molar-refractivity contribution is 7.98. The van der Waals surface area contributed by atoms with Crippen molar-refractivity contribution in [2.24, 2.45) is 0 Å². The predicted molar refractivity (Wildman–Crippen MR) is 116 cm³/mol. The van der Waals surface area contributed by atoms with Gasteiger partial charge in [-0.05, 0) is 23.1 Å². The van der Waals surface area contributed by atoms with Gasteiger partial charge < -0.3 is 0 Å². The number of thiophene rings is 2. The summed E-state index contributed by atoms with van der Waals surface area (Å²) in [5.74, 6) is 0.655. The van der Waals surface area contributed by atoms with Crippen LogP contribution in [0.5, 0.6) is 0 Å². The van der Waals surface area contributed by atoms with E-state index in [1.54, 1.807) is 34.2 Å². The maximum Gasteiger partial charge on any atom is 0.263 e. The first-order chi connectivity index (χ1) is 13.2. The molecule has 0 saturated carbocycles. The van der Waals surface area contributed by atoms with Gasteiger partial charge in [0, 0.05) is 34.3 Å². The van der Waals surface area contributed by atoms with Crippen molar-refractivity contribution in [3.05, 3.63) is 74.9 Å². The van der Waals surface area contributed by atoms with Gasteiger partial charge in [0.15, 0.2) is 5.16 Å². The molecule has 4 aromatic rings. The molecule has 4 nitrogen and oxygen atoms in total. The van der Waals surface area contributed by atoms with Crippen LogP contribution >= 0.6 is 46.0 Å². The Morgan fingerprint density at radius 2 is 2.19 bits per heavy atom. The average Bonchev–Trinajstić information content (AvgIpc) is 3.33. The number of pyridine rings is 1. The average molecular weight is 432 g/mol. The zero-order valence-corrected chi connectivity index (χ0v) is 17.3. The van der Waals surface area contributed by atoms with Gasteiger partial charge in [-0.1, -0.05) is 41.6 Å². The summed E-state index contributed by atoms with van der Waals surface area (Å²) in [4.78, 5) is 23.9. The Labute approximate surface area is 173 Å². The van der Waals surface area contributed by atoms with Gasteiger partial charge in [-0.2, -0.15) is 0 Å². The molecule has 4 rings (SSSR count). The highest BCUT2D eigenvalue weighted by Gasteiger charge is 2.17. The fraction of sp³-hybridized carbons (Fsp3) is 0.105. The number of rotatable bonds is 6. The van der Waals surface area contributed by atoms with Crippen LogP contribution in [0.4, 0.5) is 0 Å². The minimum atomic E-state index is -0.0266. The molecular formula is C19H14ClN3OS3. The summed E-state index contributed by atoms with van der Waals surface area (Å²) >= 11 is 10.5. The van der Waals surface area contributed by atoms with Crippen molar-refractivity contribution in [2.75, 3.05) is 0 Å². The summed E-state index contributed by atoms with van der Waals surface area (Å²) in [5, 5.41) is 5.86. The Hall–Kier alpha value is -1.93. The summed E-state index contributed by atoms with van der Waals surface area (Å²) in [6.07, 6.45) is 3.46. The number of halogens is 1. The Morgan fingerprint density at radius 3 is 2.89 bits per heavy atom. The molecule has 4 aromatic heterocycles. The molecule has 27 heavy (non-hydrogen) atoms. The molecule has 4 heterocycles. The van der Waals surface area contributed by atoms with Crippen molar-refractivity contribution in [2.45, 2.75) is 17.5 Å². The molecule has 0 radical (unpaired) electrons. The fourth-order valence-corrected chi connectivity index (χ4v) is 5.52. The first-order valence-corrected chi connectivity index (χ1v) is 11.2. The molecule has 0 fully saturated rings. The quantitative estimate of drug-likeness (QED) is 0.170. The van der Waals surface area contributed by atoms with Gasteiger partial charge in [0.25, 0.3) is 5.56 Å². The monoisotopic (exact) mass is 431 g/mol. The van der Waals surface area contributed by atoms with E-state index in [1.807, 2.05) is 29.0 Å². The van der Waals surface area contributed by atoms with Crippen LogP contribution in [0, 0.1) is 0 Å². The molecule has 0 saturated heterocycles. The fourth-order valence-electron chi connectivity index (χ4n) is 2.66. The second-order valence-electron chi connectivity index (χ2n) is 5.68. The van der Waals surface area contributed by atoms with Gasteiger partial charge in [-0.25, -0.2) is 9.97 Å². The van der Waals surface area contributed by atoms with E-state index in [4.69, 9.17) is 16.6 Å². The summed E-state index contributed by atoms with van der Waals surface area (Å²) in [6, 6.07) is 7.71. The molecule has 0 aromatic carbocycles. The molecule has 0 bridgehead atoms. The third-order valence-electron chi connectivity index (χ3n) is 3.91. The summed E-state index contributed by atoms with van der Waals surface area (Å²) in [6.45, 7) is 4.21. The number of aromatic nitrogens is 3. The predicted octanol–water partition coefficient (Wildman–Crippen LogP) is 5.71. The van der Waals surface area contributed by atoms with E-state index in [0.717, 1.165) is 20.8 Å². The number of hydrogen-bond acceptors (Lipinski definition) is 6. The van der Waals surface area contributed by atoms with E-state index in [1.165, 1.54) is 23.1 Å². The molecule has 0 spiro atoms. The molecule has 0 unspecified atom stereocenters. The van der Waals surface area contributed by atoms with Gasteiger partial charge >= 0.3 is 0 Å². The molecule has 136 valence electrons. The Morgan fingerprint density at radius 1 is 1.30 bits per heavy atom. The standard InChI is InChI=1S/C19H14ClN3OS3/c1-2-7-23-18(24)16-13(14-4-3-8-25-14)11-26-17(16)22-19(23)27-10-12-5-6-15(20)21-9-12/h2-6,8-9,11H,1,7,10H2. The van der Waals surface area contributed by atoms with Gasteiger partial charge in [0.05, 0.1) is 5.39 Å². The lowest BCUT2D eigenvalue weighted by Gasteiger charge is -2.10. The molecule has 0 aliphatic carbocycles. The lowest BCUT2D eigenvalue weighted by atomic mass is 10.2.